The van der Waals surface area contributed by atoms with Crippen molar-refractivity contribution in [2.75, 3.05) is 13.2 Å². The van der Waals surface area contributed by atoms with E-state index in [1.165, 1.54) is 0 Å². The normalized spacial score (nSPS) is 10.6. The molecule has 0 saturated carbocycles. The van der Waals surface area contributed by atoms with Crippen LogP contribution in [0.3, 0.4) is 0 Å². The Morgan fingerprint density at radius 3 is 2.85 bits per heavy atom. The number of hydrogen-bond acceptors (Lipinski definition) is 6. The zero-order valence-electron chi connectivity index (χ0n) is 11.5. The van der Waals surface area contributed by atoms with Crippen molar-refractivity contribution in [3.8, 4) is 0 Å². The van der Waals surface area contributed by atoms with Crippen LogP contribution < -0.4 is 5.32 Å². The minimum Gasteiger partial charge on any atom is -0.465 e. The Hall–Kier alpha value is -2.44. The lowest BCUT2D eigenvalue weighted by molar-refractivity contribution is -0.141. The fraction of sp³-hybridized carbons (Fsp3) is 0.385. The van der Waals surface area contributed by atoms with E-state index in [2.05, 4.69) is 15.5 Å². The zero-order valence-corrected chi connectivity index (χ0v) is 11.5. The molecule has 0 fully saturated rings. The topological polar surface area (TPSA) is 94.3 Å². The van der Waals surface area contributed by atoms with Crippen LogP contribution in [0.25, 0.3) is 11.1 Å². The molecule has 7 heteroatoms. The van der Waals surface area contributed by atoms with Crippen LogP contribution in [0.5, 0.6) is 0 Å². The molecule has 0 aliphatic rings. The average molecular weight is 277 g/mol. The smallest absolute Gasteiger partial charge is 0.325 e. The molecule has 2 rings (SSSR count). The van der Waals surface area contributed by atoms with Crippen LogP contribution in [0.2, 0.25) is 0 Å². The number of amides is 1. The summed E-state index contributed by atoms with van der Waals surface area (Å²) >= 11 is 0. The fourth-order valence-electron chi connectivity index (χ4n) is 1.86. The maximum atomic E-state index is 12.2. The molecule has 1 amide bonds. The number of carbonyl (C=O) groups excluding carboxylic acids is 2. The first-order valence-corrected chi connectivity index (χ1v) is 6.20. The number of carbonyl (C=O) groups is 2. The molecule has 20 heavy (non-hydrogen) atoms. The fourth-order valence-corrected chi connectivity index (χ4v) is 1.86. The minimum atomic E-state index is -0.482. The predicted molar refractivity (Wildman–Crippen MR) is 70.2 cm³/mol. The van der Waals surface area contributed by atoms with Crippen molar-refractivity contribution < 1.29 is 18.8 Å². The van der Waals surface area contributed by atoms with E-state index in [9.17, 15) is 9.59 Å². The van der Waals surface area contributed by atoms with Crippen LogP contribution >= 0.6 is 0 Å². The Bertz CT molecular complexity index is 663. The third-order valence-electron chi connectivity index (χ3n) is 2.69. The van der Waals surface area contributed by atoms with Gasteiger partial charge in [0.2, 0.25) is 0 Å². The number of pyridine rings is 1. The van der Waals surface area contributed by atoms with Gasteiger partial charge in [-0.05, 0) is 26.8 Å². The van der Waals surface area contributed by atoms with Crippen LogP contribution in [0, 0.1) is 13.8 Å². The molecule has 0 aliphatic heterocycles. The van der Waals surface area contributed by atoms with Crippen LogP contribution in [-0.2, 0) is 9.53 Å². The Morgan fingerprint density at radius 1 is 1.40 bits per heavy atom. The van der Waals surface area contributed by atoms with E-state index in [1.807, 2.05) is 0 Å². The van der Waals surface area contributed by atoms with Gasteiger partial charge in [0.15, 0.2) is 0 Å². The van der Waals surface area contributed by atoms with Crippen molar-refractivity contribution in [3.63, 3.8) is 0 Å². The summed E-state index contributed by atoms with van der Waals surface area (Å²) in [4.78, 5) is 27.6. The van der Waals surface area contributed by atoms with Gasteiger partial charge >= 0.3 is 5.97 Å². The van der Waals surface area contributed by atoms with Crippen LogP contribution in [0.15, 0.2) is 10.6 Å². The molecule has 106 valence electrons. The number of aromatic nitrogens is 2. The van der Waals surface area contributed by atoms with Crippen LogP contribution in [-0.4, -0.2) is 35.2 Å². The van der Waals surface area contributed by atoms with Crippen LogP contribution in [0.4, 0.5) is 0 Å². The van der Waals surface area contributed by atoms with Gasteiger partial charge in [0.25, 0.3) is 11.6 Å². The molecule has 0 aliphatic carbocycles. The summed E-state index contributed by atoms with van der Waals surface area (Å²) in [5.74, 6) is -0.871. The summed E-state index contributed by atoms with van der Waals surface area (Å²) in [5.41, 5.74) is 1.91. The summed E-state index contributed by atoms with van der Waals surface area (Å²) in [6.07, 6.45) is 0. The van der Waals surface area contributed by atoms with Crippen LogP contribution in [0.1, 0.15) is 28.7 Å². The molecule has 2 aromatic heterocycles. The second-order valence-corrected chi connectivity index (χ2v) is 4.25. The highest BCUT2D eigenvalue weighted by Gasteiger charge is 2.18. The largest absolute Gasteiger partial charge is 0.465 e. The second kappa shape index (κ2) is 5.68. The Labute approximate surface area is 115 Å². The summed E-state index contributed by atoms with van der Waals surface area (Å²) in [6, 6.07) is 1.63. The van der Waals surface area contributed by atoms with Crippen molar-refractivity contribution in [2.45, 2.75) is 20.8 Å². The first kappa shape index (κ1) is 14.0. The van der Waals surface area contributed by atoms with E-state index in [4.69, 9.17) is 9.26 Å². The number of ether oxygens (including phenoxy) is 1. The van der Waals surface area contributed by atoms with E-state index < -0.39 is 5.97 Å². The molecule has 0 bridgehead atoms. The molecule has 1 N–H and O–H groups in total. The van der Waals surface area contributed by atoms with Crippen molar-refractivity contribution in [2.24, 2.45) is 0 Å². The third-order valence-corrected chi connectivity index (χ3v) is 2.69. The van der Waals surface area contributed by atoms with Gasteiger partial charge in [0, 0.05) is 5.69 Å². The van der Waals surface area contributed by atoms with Crippen molar-refractivity contribution >= 4 is 23.0 Å². The summed E-state index contributed by atoms with van der Waals surface area (Å²) < 4.78 is 9.80. The van der Waals surface area contributed by atoms with Gasteiger partial charge in [0.1, 0.15) is 6.54 Å². The monoisotopic (exact) mass is 277 g/mol. The van der Waals surface area contributed by atoms with Crippen molar-refractivity contribution in [1.82, 2.24) is 15.5 Å². The van der Waals surface area contributed by atoms with Gasteiger partial charge in [-0.25, -0.2) is 4.98 Å². The number of nitrogens with one attached hydrogen (secondary N) is 1. The molecule has 0 unspecified atom stereocenters. The minimum absolute atomic E-state index is 0.181. The number of nitrogens with zero attached hydrogens (tertiary/aromatic N) is 2. The molecule has 2 heterocycles. The third kappa shape index (κ3) is 2.76. The molecule has 0 saturated heterocycles. The number of esters is 1. The van der Waals surface area contributed by atoms with Gasteiger partial charge in [0.05, 0.1) is 23.3 Å². The molecule has 0 aromatic carbocycles. The number of rotatable bonds is 4. The lowest BCUT2D eigenvalue weighted by atomic mass is 10.1. The summed E-state index contributed by atoms with van der Waals surface area (Å²) in [7, 11) is 0. The molecular formula is C13H15N3O4. The summed E-state index contributed by atoms with van der Waals surface area (Å²) in [6.45, 7) is 5.28. The predicted octanol–water partition coefficient (Wildman–Crippen LogP) is 1.13. The number of fused-ring (bicyclic) bond motifs is 1. The van der Waals surface area contributed by atoms with E-state index in [0.717, 1.165) is 0 Å². The zero-order chi connectivity index (χ0) is 14.7. The lowest BCUT2D eigenvalue weighted by Crippen LogP contribution is -2.30. The molecular weight excluding hydrogens is 262 g/mol. The maximum absolute atomic E-state index is 12.2. The second-order valence-electron chi connectivity index (χ2n) is 4.25. The number of hydrogen-bond donors (Lipinski definition) is 1. The first-order chi connectivity index (χ1) is 9.52. The molecule has 0 atom stereocenters. The van der Waals surface area contributed by atoms with Crippen molar-refractivity contribution in [1.29, 1.82) is 0 Å². The maximum Gasteiger partial charge on any atom is 0.325 e. The quantitative estimate of drug-likeness (QED) is 0.842. The Balaban J connectivity index is 2.25. The van der Waals surface area contributed by atoms with Gasteiger partial charge < -0.3 is 14.6 Å². The molecule has 0 radical (unpaired) electrons. The highest BCUT2D eigenvalue weighted by Crippen LogP contribution is 2.21. The van der Waals surface area contributed by atoms with Crippen molar-refractivity contribution in [3.05, 3.63) is 23.0 Å². The molecule has 0 spiro atoms. The van der Waals surface area contributed by atoms with Gasteiger partial charge in [-0.15, -0.1) is 0 Å². The van der Waals surface area contributed by atoms with E-state index in [-0.39, 0.29) is 19.1 Å². The lowest BCUT2D eigenvalue weighted by Gasteiger charge is -2.06. The number of aryl methyl sites for hydroxylation is 2. The Kier molecular flexibility index (Phi) is 3.97. The summed E-state index contributed by atoms with van der Waals surface area (Å²) in [5, 5.41) is 6.86. The average Bonchev–Trinajstić information content (AvgIpc) is 2.77. The van der Waals surface area contributed by atoms with Gasteiger partial charge in [-0.1, -0.05) is 5.16 Å². The molecule has 7 nitrogen and oxygen atoms in total. The highest BCUT2D eigenvalue weighted by atomic mass is 16.5. The first-order valence-electron chi connectivity index (χ1n) is 6.20. The SMILES string of the molecule is CCOC(=O)CNC(=O)c1cc(C)nc2onc(C)c12. The van der Waals surface area contributed by atoms with E-state index in [0.29, 0.717) is 28.1 Å². The Morgan fingerprint density at radius 2 is 2.15 bits per heavy atom. The van der Waals surface area contributed by atoms with Gasteiger partial charge in [-0.2, -0.15) is 0 Å². The highest BCUT2D eigenvalue weighted by molar-refractivity contribution is 6.06. The van der Waals surface area contributed by atoms with E-state index in [1.54, 1.807) is 26.8 Å². The molecule has 2 aromatic rings. The van der Waals surface area contributed by atoms with Gasteiger partial charge in [-0.3, -0.25) is 9.59 Å². The van der Waals surface area contributed by atoms with E-state index >= 15 is 0 Å². The standard InChI is InChI=1S/C13H15N3O4/c1-4-19-10(17)6-14-12(18)9-5-7(2)15-13-11(9)8(3)16-20-13/h5H,4,6H2,1-3H3,(H,14,18).